The molecule has 4 rings (SSSR count). The summed E-state index contributed by atoms with van der Waals surface area (Å²) in [5, 5.41) is 0.958. The van der Waals surface area contributed by atoms with Crippen LogP contribution in [0.2, 0.25) is 0 Å². The number of carbonyl (C=O) groups is 1. The number of aromatic nitrogens is 1. The Bertz CT molecular complexity index is 835. The highest BCUT2D eigenvalue weighted by molar-refractivity contribution is 5.84. The normalized spacial score (nSPS) is 26.6. The second-order valence-electron chi connectivity index (χ2n) is 8.94. The van der Waals surface area contributed by atoms with Gasteiger partial charge >= 0.3 is 0 Å². The minimum atomic E-state index is -0.196. The van der Waals surface area contributed by atoms with Crippen LogP contribution < -0.4 is 0 Å². The summed E-state index contributed by atoms with van der Waals surface area (Å²) < 4.78 is 13.8. The molecule has 1 saturated carbocycles. The first kappa shape index (κ1) is 18.5. The number of fused-ring (bicyclic) bond motifs is 2. The molecular formula is C23H29FN2O. The maximum absolute atomic E-state index is 13.8. The smallest absolute Gasteiger partial charge is 0.149 e. The minimum absolute atomic E-state index is 0.0345. The number of hydrogen-bond acceptors (Lipinski definition) is 3. The number of hydrogen-bond donors (Lipinski definition) is 0. The third kappa shape index (κ3) is 3.64. The van der Waals surface area contributed by atoms with Gasteiger partial charge < -0.3 is 0 Å². The van der Waals surface area contributed by atoms with E-state index in [1.165, 1.54) is 11.6 Å². The highest BCUT2D eigenvalue weighted by atomic mass is 19.1. The Labute approximate surface area is 161 Å². The number of nitrogens with zero attached hydrogens (tertiary/aromatic N) is 2. The number of benzene rings is 1. The molecule has 2 unspecified atom stereocenters. The van der Waals surface area contributed by atoms with Gasteiger partial charge in [0, 0.05) is 31.1 Å². The van der Waals surface area contributed by atoms with Crippen molar-refractivity contribution < 1.29 is 9.18 Å². The van der Waals surface area contributed by atoms with Crippen LogP contribution in [0.15, 0.2) is 30.5 Å². The molecule has 1 aromatic heterocycles. The van der Waals surface area contributed by atoms with E-state index in [-0.39, 0.29) is 11.9 Å². The van der Waals surface area contributed by atoms with E-state index < -0.39 is 0 Å². The van der Waals surface area contributed by atoms with Crippen molar-refractivity contribution in [2.45, 2.75) is 52.0 Å². The van der Waals surface area contributed by atoms with Crippen LogP contribution >= 0.6 is 0 Å². The van der Waals surface area contributed by atoms with Crippen LogP contribution in [0.25, 0.3) is 10.9 Å². The Kier molecular flexibility index (Phi) is 5.02. The van der Waals surface area contributed by atoms with E-state index in [9.17, 15) is 9.18 Å². The summed E-state index contributed by atoms with van der Waals surface area (Å²) in [4.78, 5) is 19.2. The van der Waals surface area contributed by atoms with Gasteiger partial charge in [-0.3, -0.25) is 14.7 Å². The van der Waals surface area contributed by atoms with Crippen molar-refractivity contribution in [2.24, 2.45) is 17.8 Å². The van der Waals surface area contributed by atoms with Crippen molar-refractivity contribution in [3.05, 3.63) is 41.8 Å². The Morgan fingerprint density at radius 2 is 1.89 bits per heavy atom. The molecular weight excluding hydrogens is 339 g/mol. The fourth-order valence-corrected chi connectivity index (χ4v) is 5.18. The van der Waals surface area contributed by atoms with Gasteiger partial charge in [0.1, 0.15) is 11.6 Å². The predicted octanol–water partition coefficient (Wildman–Crippen LogP) is 4.80. The molecule has 1 saturated heterocycles. The van der Waals surface area contributed by atoms with Gasteiger partial charge in [-0.15, -0.1) is 0 Å². The molecule has 0 N–H and O–H groups in total. The van der Waals surface area contributed by atoms with E-state index in [1.807, 2.05) is 6.20 Å². The topological polar surface area (TPSA) is 33.2 Å². The van der Waals surface area contributed by atoms with Crippen LogP contribution in [-0.2, 0) is 4.79 Å². The quantitative estimate of drug-likeness (QED) is 0.760. The van der Waals surface area contributed by atoms with Crippen LogP contribution in [0.5, 0.6) is 0 Å². The number of Topliss-reactive ketones (excluding diaryl/α,β-unsaturated/α-hetero) is 1. The van der Waals surface area contributed by atoms with Crippen LogP contribution in [0.1, 0.15) is 51.5 Å². The minimum Gasteiger partial charge on any atom is -0.298 e. The SMILES string of the molecule is CC(C)CC(=O)C(C)N1C[C@H]2CC(c3ccnc4ccc(F)cc34)C[C@H]2C1. The Morgan fingerprint density at radius 3 is 2.56 bits per heavy atom. The summed E-state index contributed by atoms with van der Waals surface area (Å²) >= 11 is 0. The van der Waals surface area contributed by atoms with E-state index in [2.05, 4.69) is 36.7 Å². The lowest BCUT2D eigenvalue weighted by molar-refractivity contribution is -0.124. The maximum Gasteiger partial charge on any atom is 0.149 e. The molecule has 1 aromatic carbocycles. The lowest BCUT2D eigenvalue weighted by Gasteiger charge is -2.25. The van der Waals surface area contributed by atoms with Crippen molar-refractivity contribution in [3.8, 4) is 0 Å². The highest BCUT2D eigenvalue weighted by Crippen LogP contribution is 2.47. The van der Waals surface area contributed by atoms with Crippen molar-refractivity contribution in [2.75, 3.05) is 13.1 Å². The number of halogens is 1. The Morgan fingerprint density at radius 1 is 1.19 bits per heavy atom. The van der Waals surface area contributed by atoms with Gasteiger partial charge in [-0.25, -0.2) is 4.39 Å². The highest BCUT2D eigenvalue weighted by Gasteiger charge is 2.43. The third-order valence-electron chi connectivity index (χ3n) is 6.58. The Hall–Kier alpha value is -1.81. The van der Waals surface area contributed by atoms with Crippen molar-refractivity contribution in [3.63, 3.8) is 0 Å². The molecule has 2 heterocycles. The number of carbonyl (C=O) groups excluding carboxylic acids is 1. The average molecular weight is 368 g/mol. The number of ketones is 1. The first-order chi connectivity index (χ1) is 12.9. The molecule has 144 valence electrons. The summed E-state index contributed by atoms with van der Waals surface area (Å²) in [6.45, 7) is 8.32. The molecule has 1 aliphatic heterocycles. The van der Waals surface area contributed by atoms with Crippen molar-refractivity contribution in [1.29, 1.82) is 0 Å². The van der Waals surface area contributed by atoms with Crippen LogP contribution in [0.4, 0.5) is 4.39 Å². The van der Waals surface area contributed by atoms with Gasteiger partial charge in [0.25, 0.3) is 0 Å². The van der Waals surface area contributed by atoms with E-state index in [0.717, 1.165) is 36.8 Å². The fourth-order valence-electron chi connectivity index (χ4n) is 5.18. The molecule has 0 amide bonds. The first-order valence-electron chi connectivity index (χ1n) is 10.2. The number of pyridine rings is 1. The van der Waals surface area contributed by atoms with Gasteiger partial charge in [0.15, 0.2) is 0 Å². The number of likely N-dealkylation sites (tertiary alicyclic amines) is 1. The van der Waals surface area contributed by atoms with Crippen LogP contribution in [0.3, 0.4) is 0 Å². The lowest BCUT2D eigenvalue weighted by Crippen LogP contribution is -2.38. The van der Waals surface area contributed by atoms with Crippen molar-refractivity contribution >= 4 is 16.7 Å². The second kappa shape index (κ2) is 7.31. The van der Waals surface area contributed by atoms with E-state index >= 15 is 0 Å². The van der Waals surface area contributed by atoms with E-state index in [4.69, 9.17) is 0 Å². The van der Waals surface area contributed by atoms with Crippen LogP contribution in [-0.4, -0.2) is 34.8 Å². The molecule has 2 aliphatic rings. The fraction of sp³-hybridized carbons (Fsp3) is 0.565. The maximum atomic E-state index is 13.8. The molecule has 2 fully saturated rings. The van der Waals surface area contributed by atoms with Gasteiger partial charge in [-0.2, -0.15) is 0 Å². The second-order valence-corrected chi connectivity index (χ2v) is 8.94. The summed E-state index contributed by atoms with van der Waals surface area (Å²) in [5.41, 5.74) is 2.12. The molecule has 27 heavy (non-hydrogen) atoms. The van der Waals surface area contributed by atoms with Gasteiger partial charge in [0.2, 0.25) is 0 Å². The zero-order valence-electron chi connectivity index (χ0n) is 16.5. The molecule has 3 nitrogen and oxygen atoms in total. The van der Waals surface area contributed by atoms with Gasteiger partial charge in [-0.05, 0) is 73.3 Å². The number of rotatable bonds is 5. The largest absolute Gasteiger partial charge is 0.298 e. The molecule has 0 spiro atoms. The van der Waals surface area contributed by atoms with E-state index in [1.54, 1.807) is 12.1 Å². The van der Waals surface area contributed by atoms with Gasteiger partial charge in [0.05, 0.1) is 11.6 Å². The summed E-state index contributed by atoms with van der Waals surface area (Å²) in [7, 11) is 0. The predicted molar refractivity (Wildman–Crippen MR) is 106 cm³/mol. The standard InChI is InChI=1S/C23H29FN2O/c1-14(2)8-23(27)15(3)26-12-17-9-16(10-18(17)13-26)20-6-7-25-22-5-4-19(24)11-21(20)22/h4-7,11,14-18H,8-10,12-13H2,1-3H3/t15?,16?,17-,18+. The van der Waals surface area contributed by atoms with Crippen molar-refractivity contribution in [1.82, 2.24) is 9.88 Å². The lowest BCUT2D eigenvalue weighted by atomic mass is 9.92. The van der Waals surface area contributed by atoms with E-state index in [0.29, 0.717) is 35.9 Å². The molecule has 0 radical (unpaired) electrons. The third-order valence-corrected chi connectivity index (χ3v) is 6.58. The summed E-state index contributed by atoms with van der Waals surface area (Å²) in [6, 6.07) is 6.99. The monoisotopic (exact) mass is 368 g/mol. The molecule has 0 bridgehead atoms. The summed E-state index contributed by atoms with van der Waals surface area (Å²) in [5.74, 6) is 2.35. The zero-order valence-corrected chi connectivity index (χ0v) is 16.5. The molecule has 2 aromatic rings. The Balaban J connectivity index is 1.46. The zero-order chi connectivity index (χ0) is 19.1. The average Bonchev–Trinajstić information content (AvgIpc) is 3.18. The molecule has 4 atom stereocenters. The van der Waals surface area contributed by atoms with Crippen LogP contribution in [0, 0.1) is 23.6 Å². The summed E-state index contributed by atoms with van der Waals surface area (Å²) in [6.07, 6.45) is 4.77. The molecule has 4 heteroatoms. The molecule has 1 aliphatic carbocycles. The first-order valence-corrected chi connectivity index (χ1v) is 10.2. The van der Waals surface area contributed by atoms with Gasteiger partial charge in [-0.1, -0.05) is 13.8 Å².